The van der Waals surface area contributed by atoms with Crippen LogP contribution in [0.25, 0.3) is 0 Å². The molecule has 2 N–H and O–H groups in total. The number of thioether (sulfide) groups is 1. The predicted octanol–water partition coefficient (Wildman–Crippen LogP) is 0.739. The van der Waals surface area contributed by atoms with Crippen molar-refractivity contribution in [3.05, 3.63) is 0 Å². The van der Waals surface area contributed by atoms with Crippen molar-refractivity contribution in [2.24, 2.45) is 0 Å². The van der Waals surface area contributed by atoms with Gasteiger partial charge in [-0.3, -0.25) is 5.32 Å². The summed E-state index contributed by atoms with van der Waals surface area (Å²) in [7, 11) is 0. The second-order valence-corrected chi connectivity index (χ2v) is 4.49. The monoisotopic (exact) mass is 263 g/mol. The number of halogens is 3. The third kappa shape index (κ3) is 4.86. The van der Waals surface area contributed by atoms with E-state index in [1.165, 1.54) is 0 Å². The minimum absolute atomic E-state index is 0.0751. The van der Waals surface area contributed by atoms with Crippen molar-refractivity contribution in [2.45, 2.75) is 17.5 Å². The lowest BCUT2D eigenvalue weighted by atomic mass is 10.2. The van der Waals surface area contributed by atoms with Gasteiger partial charge in [0.25, 0.3) is 0 Å². The molecule has 2 unspecified atom stereocenters. The third-order valence-corrected chi connectivity index (χ3v) is 3.31. The molecule has 0 aliphatic carbocycles. The molecule has 1 aliphatic heterocycles. The zero-order valence-electron chi connectivity index (χ0n) is 8.97. The smallest absolute Gasteiger partial charge is 0.305 e. The molecular weight excluding hydrogens is 251 g/mol. The molecule has 0 aromatic heterocycles. The lowest BCUT2D eigenvalue weighted by molar-refractivity contribution is -0.131. The summed E-state index contributed by atoms with van der Waals surface area (Å²) in [6.45, 7) is 1.26. The Hall–Kier alpha value is -0.890. The van der Waals surface area contributed by atoms with Gasteiger partial charge in [-0.05, 0) is 0 Å². The summed E-state index contributed by atoms with van der Waals surface area (Å²) in [4.78, 5) is 0. The maximum atomic E-state index is 12.8. The highest BCUT2D eigenvalue weighted by molar-refractivity contribution is 8.00. The van der Waals surface area contributed by atoms with Crippen LogP contribution in [0.15, 0.2) is 0 Å². The molecule has 7 heteroatoms. The molecule has 3 nitrogen and oxygen atoms in total. The first-order chi connectivity index (χ1) is 8.05. The number of nitrogens with zero attached hydrogens (tertiary/aromatic N) is 1. The molecule has 0 saturated heterocycles. The van der Waals surface area contributed by atoms with Crippen LogP contribution in [-0.4, -0.2) is 42.9 Å². The molecule has 0 radical (unpaired) electrons. The first-order valence-corrected chi connectivity index (χ1v) is 6.08. The Balaban J connectivity index is 2.76. The Labute approximate surface area is 102 Å². The van der Waals surface area contributed by atoms with E-state index in [2.05, 4.69) is 22.5 Å². The lowest BCUT2D eigenvalue weighted by Crippen LogP contribution is -2.47. The van der Waals surface area contributed by atoms with Crippen LogP contribution >= 0.6 is 11.8 Å². The summed E-state index contributed by atoms with van der Waals surface area (Å²) in [5.74, 6) is 5.45. The van der Waals surface area contributed by atoms with E-state index < -0.39 is 17.5 Å². The topological polar surface area (TPSA) is 47.9 Å². The second kappa shape index (κ2) is 6.75. The van der Waals surface area contributed by atoms with Gasteiger partial charge in [0.15, 0.2) is 0 Å². The van der Waals surface area contributed by atoms with Gasteiger partial charge in [-0.15, -0.1) is 11.8 Å². The van der Waals surface area contributed by atoms with Gasteiger partial charge in [0.05, 0.1) is 18.4 Å². The Kier molecular flexibility index (Phi) is 5.63. The maximum Gasteiger partial charge on any atom is 0.403 e. The van der Waals surface area contributed by atoms with Gasteiger partial charge in [-0.2, -0.15) is 18.4 Å². The summed E-state index contributed by atoms with van der Waals surface area (Å²) in [6.07, 6.45) is -4.40. The van der Waals surface area contributed by atoms with Crippen LogP contribution in [0.1, 0.15) is 0 Å². The first kappa shape index (κ1) is 14.2. The summed E-state index contributed by atoms with van der Waals surface area (Å²) in [6, 6.07) is 0.434. The van der Waals surface area contributed by atoms with E-state index in [4.69, 9.17) is 5.26 Å². The molecule has 94 valence electrons. The summed E-state index contributed by atoms with van der Waals surface area (Å²) in [5, 5.41) is 12.6. The first-order valence-electron chi connectivity index (χ1n) is 5.03. The van der Waals surface area contributed by atoms with Crippen LogP contribution in [0, 0.1) is 23.2 Å². The molecule has 0 fully saturated rings. The number of alkyl halides is 3. The Morgan fingerprint density at radius 2 is 2.06 bits per heavy atom. The van der Waals surface area contributed by atoms with Crippen molar-refractivity contribution in [3.63, 3.8) is 0 Å². The SMILES string of the molecule is N#CC1NCCNCC#CCSC1C(F)(F)F. The average molecular weight is 263 g/mol. The van der Waals surface area contributed by atoms with Crippen LogP contribution in [0.4, 0.5) is 13.2 Å². The van der Waals surface area contributed by atoms with Gasteiger partial charge >= 0.3 is 6.18 Å². The van der Waals surface area contributed by atoms with Crippen LogP contribution in [-0.2, 0) is 0 Å². The number of hydrogen-bond donors (Lipinski definition) is 2. The molecule has 1 aliphatic rings. The highest BCUT2D eigenvalue weighted by atomic mass is 32.2. The third-order valence-electron chi connectivity index (χ3n) is 2.10. The van der Waals surface area contributed by atoms with E-state index in [9.17, 15) is 13.2 Å². The molecule has 1 heterocycles. The molecule has 2 atom stereocenters. The van der Waals surface area contributed by atoms with Gasteiger partial charge in [0, 0.05) is 13.1 Å². The molecular formula is C10H12F3N3S. The number of hydrogen-bond acceptors (Lipinski definition) is 4. The normalized spacial score (nSPS) is 27.2. The average Bonchev–Trinajstić information content (AvgIpc) is 2.30. The minimum Gasteiger partial charge on any atom is -0.305 e. The van der Waals surface area contributed by atoms with Crippen LogP contribution in [0.3, 0.4) is 0 Å². The zero-order valence-corrected chi connectivity index (χ0v) is 9.79. The second-order valence-electron chi connectivity index (χ2n) is 3.36. The Bertz CT molecular complexity index is 339. The molecule has 0 amide bonds. The van der Waals surface area contributed by atoms with Gasteiger partial charge in [-0.1, -0.05) is 11.8 Å². The van der Waals surface area contributed by atoms with E-state index in [1.807, 2.05) is 0 Å². The predicted molar refractivity (Wildman–Crippen MR) is 60.4 cm³/mol. The van der Waals surface area contributed by atoms with Crippen molar-refractivity contribution in [1.29, 1.82) is 5.26 Å². The summed E-state index contributed by atoms with van der Waals surface area (Å²) in [5.41, 5.74) is 0. The zero-order chi connectivity index (χ0) is 12.7. The van der Waals surface area contributed by atoms with Crippen molar-refractivity contribution < 1.29 is 13.2 Å². The quantitative estimate of drug-likeness (QED) is 0.633. The summed E-state index contributed by atoms with van der Waals surface area (Å²) >= 11 is 0.657. The summed E-state index contributed by atoms with van der Waals surface area (Å²) < 4.78 is 38.3. The fourth-order valence-electron chi connectivity index (χ4n) is 1.31. The van der Waals surface area contributed by atoms with E-state index in [1.54, 1.807) is 6.07 Å². The Morgan fingerprint density at radius 1 is 1.29 bits per heavy atom. The molecule has 1 rings (SSSR count). The minimum atomic E-state index is -4.40. The van der Waals surface area contributed by atoms with Gasteiger partial charge < -0.3 is 5.32 Å². The number of nitrogens with one attached hydrogen (secondary N) is 2. The number of rotatable bonds is 0. The molecule has 0 saturated carbocycles. The van der Waals surface area contributed by atoms with E-state index >= 15 is 0 Å². The van der Waals surface area contributed by atoms with Gasteiger partial charge in [-0.25, -0.2) is 0 Å². The van der Waals surface area contributed by atoms with Crippen molar-refractivity contribution >= 4 is 11.8 Å². The maximum absolute atomic E-state index is 12.8. The molecule has 17 heavy (non-hydrogen) atoms. The van der Waals surface area contributed by atoms with Crippen LogP contribution in [0.5, 0.6) is 0 Å². The Morgan fingerprint density at radius 3 is 2.71 bits per heavy atom. The highest BCUT2D eigenvalue weighted by Crippen LogP contribution is 2.32. The van der Waals surface area contributed by atoms with Crippen molar-refractivity contribution in [1.82, 2.24) is 10.6 Å². The van der Waals surface area contributed by atoms with E-state index in [0.29, 0.717) is 31.4 Å². The molecule has 0 spiro atoms. The van der Waals surface area contributed by atoms with Crippen molar-refractivity contribution in [3.8, 4) is 17.9 Å². The van der Waals surface area contributed by atoms with Gasteiger partial charge in [0.2, 0.25) is 0 Å². The van der Waals surface area contributed by atoms with Crippen LogP contribution < -0.4 is 10.6 Å². The fraction of sp³-hybridized carbons (Fsp3) is 0.700. The lowest BCUT2D eigenvalue weighted by Gasteiger charge is -2.24. The molecule has 0 aromatic rings. The largest absolute Gasteiger partial charge is 0.403 e. The molecule has 0 bridgehead atoms. The standard InChI is InChI=1S/C10H12F3N3S/c11-10(12,13)9-8(7-14)16-5-4-15-3-1-2-6-17-9/h8-9,15-16H,3-6H2. The van der Waals surface area contributed by atoms with E-state index in [-0.39, 0.29) is 5.75 Å². The van der Waals surface area contributed by atoms with E-state index in [0.717, 1.165) is 0 Å². The molecule has 0 aromatic carbocycles. The van der Waals surface area contributed by atoms with Crippen molar-refractivity contribution in [2.75, 3.05) is 25.4 Å². The highest BCUT2D eigenvalue weighted by Gasteiger charge is 2.45. The number of nitriles is 1. The van der Waals surface area contributed by atoms with Gasteiger partial charge in [0.1, 0.15) is 11.3 Å². The fourth-order valence-corrected chi connectivity index (χ4v) is 2.22. The van der Waals surface area contributed by atoms with Crippen LogP contribution in [0.2, 0.25) is 0 Å².